The van der Waals surface area contributed by atoms with Crippen LogP contribution >= 0.6 is 0 Å². The fraction of sp³-hybridized carbons (Fsp3) is 0.875. The molecule has 4 N–H and O–H groups in total. The third-order valence-corrected chi connectivity index (χ3v) is 11.6. The van der Waals surface area contributed by atoms with E-state index in [9.17, 15) is 30.0 Å². The van der Waals surface area contributed by atoms with Gasteiger partial charge in [0.25, 0.3) is 0 Å². The number of carbonyl (C=O) groups excluding carboxylic acids is 2. The minimum atomic E-state index is -1.05. The number of unbranched alkanes of at least 4 members (excludes halogenated alkanes) is 20. The van der Waals surface area contributed by atoms with Gasteiger partial charge < -0.3 is 34.6 Å². The van der Waals surface area contributed by atoms with Gasteiger partial charge in [-0.05, 0) is 38.0 Å². The normalized spacial score (nSPS) is 20.3. The summed E-state index contributed by atoms with van der Waals surface area (Å²) in [4.78, 5) is 24.6. The van der Waals surface area contributed by atoms with Crippen LogP contribution in [0, 0.1) is 11.8 Å². The molecule has 1 saturated heterocycles. The topological polar surface area (TPSA) is 143 Å². The Balaban J connectivity index is 2.03. The molecule has 1 aliphatic heterocycles. The standard InChI is InChI=1S/C48H88O9/c1-4-6-25-31-41(50)35-36-45-43(44(51)37-48(54)57-45)32-27-23-24-29-34-47(53)56-42(38-49)39-55-46(52)33-28-22-20-18-16-14-12-10-8-7-9-11-13-15-17-19-21-26-30-40(3)5-2/h23,27,35-36,40-45,48-51,54H,4-22,24-26,28-34,37-39H2,1-3H3/b27-23-,36-35+/t40?,41-,42-,43-,44-,45+,48?/m0/s1. The molecule has 1 rings (SSSR count). The second kappa shape index (κ2) is 37.2. The van der Waals surface area contributed by atoms with E-state index in [1.165, 1.54) is 109 Å². The molecule has 0 radical (unpaired) electrons. The zero-order valence-corrected chi connectivity index (χ0v) is 36.8. The summed E-state index contributed by atoms with van der Waals surface area (Å²) < 4.78 is 16.3. The smallest absolute Gasteiger partial charge is 0.306 e. The van der Waals surface area contributed by atoms with Crippen LogP contribution in [0.3, 0.4) is 0 Å². The van der Waals surface area contributed by atoms with Gasteiger partial charge in [-0.25, -0.2) is 0 Å². The first-order chi connectivity index (χ1) is 27.7. The molecule has 334 valence electrons. The van der Waals surface area contributed by atoms with Crippen LogP contribution in [0.25, 0.3) is 0 Å². The van der Waals surface area contributed by atoms with Crippen LogP contribution in [0.15, 0.2) is 24.3 Å². The van der Waals surface area contributed by atoms with Crippen LogP contribution in [-0.4, -0.2) is 76.3 Å². The fourth-order valence-corrected chi connectivity index (χ4v) is 7.51. The molecule has 1 heterocycles. The van der Waals surface area contributed by atoms with Crippen molar-refractivity contribution in [1.82, 2.24) is 0 Å². The lowest BCUT2D eigenvalue weighted by atomic mass is 9.87. The van der Waals surface area contributed by atoms with Crippen LogP contribution in [0.1, 0.15) is 213 Å². The number of hydrogen-bond acceptors (Lipinski definition) is 9. The lowest BCUT2D eigenvalue weighted by molar-refractivity contribution is -0.199. The lowest BCUT2D eigenvalue weighted by Gasteiger charge is -2.36. The van der Waals surface area contributed by atoms with Crippen molar-refractivity contribution in [3.8, 4) is 0 Å². The van der Waals surface area contributed by atoms with Crippen molar-refractivity contribution in [2.24, 2.45) is 11.8 Å². The van der Waals surface area contributed by atoms with Crippen molar-refractivity contribution in [2.75, 3.05) is 13.2 Å². The number of aliphatic hydroxyl groups excluding tert-OH is 4. The lowest BCUT2D eigenvalue weighted by Crippen LogP contribution is -2.43. The molecule has 0 bridgehead atoms. The molecule has 0 aliphatic carbocycles. The van der Waals surface area contributed by atoms with Crippen LogP contribution in [0.4, 0.5) is 0 Å². The highest BCUT2D eigenvalue weighted by molar-refractivity contribution is 5.70. The summed E-state index contributed by atoms with van der Waals surface area (Å²) >= 11 is 0. The number of carbonyl (C=O) groups is 2. The van der Waals surface area contributed by atoms with Crippen molar-refractivity contribution in [2.45, 2.75) is 244 Å². The van der Waals surface area contributed by atoms with Gasteiger partial charge in [0.05, 0.1) is 24.9 Å². The van der Waals surface area contributed by atoms with Crippen LogP contribution < -0.4 is 0 Å². The molecule has 0 aromatic carbocycles. The van der Waals surface area contributed by atoms with Gasteiger partial charge in [0.2, 0.25) is 0 Å². The summed E-state index contributed by atoms with van der Waals surface area (Å²) in [5.74, 6) is -0.138. The summed E-state index contributed by atoms with van der Waals surface area (Å²) in [5.41, 5.74) is 0. The maximum absolute atomic E-state index is 12.3. The molecule has 9 nitrogen and oxygen atoms in total. The zero-order valence-electron chi connectivity index (χ0n) is 36.8. The van der Waals surface area contributed by atoms with Crippen molar-refractivity contribution < 1.29 is 44.2 Å². The van der Waals surface area contributed by atoms with Crippen molar-refractivity contribution in [1.29, 1.82) is 0 Å². The first-order valence-corrected chi connectivity index (χ1v) is 23.7. The number of aliphatic hydroxyl groups is 4. The van der Waals surface area contributed by atoms with Gasteiger partial charge in [-0.1, -0.05) is 186 Å². The highest BCUT2D eigenvalue weighted by Gasteiger charge is 2.35. The quantitative estimate of drug-likeness (QED) is 0.0272. The second-order valence-electron chi connectivity index (χ2n) is 17.0. The molecule has 9 heteroatoms. The molecule has 7 atom stereocenters. The van der Waals surface area contributed by atoms with E-state index in [2.05, 4.69) is 20.8 Å². The monoisotopic (exact) mass is 809 g/mol. The van der Waals surface area contributed by atoms with Gasteiger partial charge in [-0.3, -0.25) is 9.59 Å². The van der Waals surface area contributed by atoms with E-state index in [1.54, 1.807) is 12.2 Å². The fourth-order valence-electron chi connectivity index (χ4n) is 7.51. The molecule has 0 amide bonds. The molecule has 2 unspecified atom stereocenters. The number of ether oxygens (including phenoxy) is 3. The Morgan fingerprint density at radius 3 is 1.82 bits per heavy atom. The maximum atomic E-state index is 12.3. The molecule has 0 saturated carbocycles. The third-order valence-electron chi connectivity index (χ3n) is 11.6. The zero-order chi connectivity index (χ0) is 41.8. The van der Waals surface area contributed by atoms with E-state index in [-0.39, 0.29) is 31.3 Å². The Labute approximate surface area is 348 Å². The molecule has 0 aromatic rings. The summed E-state index contributed by atoms with van der Waals surface area (Å²) in [6, 6.07) is 0. The second-order valence-corrected chi connectivity index (χ2v) is 17.0. The summed E-state index contributed by atoms with van der Waals surface area (Å²) in [7, 11) is 0. The van der Waals surface area contributed by atoms with Crippen LogP contribution in [0.5, 0.6) is 0 Å². The first-order valence-electron chi connectivity index (χ1n) is 23.7. The molecule has 0 spiro atoms. The van der Waals surface area contributed by atoms with Crippen molar-refractivity contribution >= 4 is 11.9 Å². The van der Waals surface area contributed by atoms with Gasteiger partial charge in [-0.2, -0.15) is 0 Å². The van der Waals surface area contributed by atoms with Gasteiger partial charge in [0, 0.05) is 25.2 Å². The number of hydrogen-bond donors (Lipinski definition) is 4. The van der Waals surface area contributed by atoms with E-state index in [4.69, 9.17) is 14.2 Å². The minimum absolute atomic E-state index is 0.133. The Morgan fingerprint density at radius 2 is 1.26 bits per heavy atom. The summed E-state index contributed by atoms with van der Waals surface area (Å²) in [6.45, 7) is 6.22. The van der Waals surface area contributed by atoms with E-state index < -0.39 is 43.3 Å². The van der Waals surface area contributed by atoms with Crippen LogP contribution in [0.2, 0.25) is 0 Å². The minimum Gasteiger partial charge on any atom is -0.462 e. The van der Waals surface area contributed by atoms with Crippen molar-refractivity contribution in [3.63, 3.8) is 0 Å². The number of rotatable bonds is 38. The van der Waals surface area contributed by atoms with Gasteiger partial charge in [0.1, 0.15) is 6.61 Å². The van der Waals surface area contributed by atoms with Crippen LogP contribution in [-0.2, 0) is 23.8 Å². The molecular formula is C48H88O9. The summed E-state index contributed by atoms with van der Waals surface area (Å²) in [6.07, 6.45) is 35.8. The van der Waals surface area contributed by atoms with Crippen molar-refractivity contribution in [3.05, 3.63) is 24.3 Å². The Kier molecular flexibility index (Phi) is 34.8. The van der Waals surface area contributed by atoms with E-state index in [0.717, 1.165) is 44.4 Å². The molecule has 1 fully saturated rings. The predicted octanol–water partition coefficient (Wildman–Crippen LogP) is 11.0. The van der Waals surface area contributed by atoms with Gasteiger partial charge in [0.15, 0.2) is 12.4 Å². The van der Waals surface area contributed by atoms with Gasteiger partial charge in [-0.15, -0.1) is 0 Å². The number of allylic oxidation sites excluding steroid dienone is 2. The highest BCUT2D eigenvalue weighted by atomic mass is 16.6. The Bertz CT molecular complexity index is 1000. The predicted molar refractivity (Wildman–Crippen MR) is 232 cm³/mol. The maximum Gasteiger partial charge on any atom is 0.306 e. The molecule has 1 aliphatic rings. The van der Waals surface area contributed by atoms with E-state index in [1.807, 2.05) is 12.2 Å². The summed E-state index contributed by atoms with van der Waals surface area (Å²) in [5, 5.41) is 40.5. The Hall–Kier alpha value is -1.78. The molecule has 0 aromatic heterocycles. The SMILES string of the molecule is CCCCC[C@H](O)/C=C/[C@H]1OC(O)C[C@H](O)[C@@H]1C/C=C\CCCC(=O)O[C@@H](CO)COC(=O)CCCCCCCCCCCCCCCCCCCCC(C)CC. The average molecular weight is 809 g/mol. The first kappa shape index (κ1) is 53.2. The van der Waals surface area contributed by atoms with Gasteiger partial charge >= 0.3 is 11.9 Å². The number of esters is 2. The third kappa shape index (κ3) is 30.9. The largest absolute Gasteiger partial charge is 0.462 e. The van der Waals surface area contributed by atoms with E-state index in [0.29, 0.717) is 32.1 Å². The van der Waals surface area contributed by atoms with E-state index >= 15 is 0 Å². The molecule has 57 heavy (non-hydrogen) atoms. The Morgan fingerprint density at radius 1 is 0.719 bits per heavy atom. The highest BCUT2D eigenvalue weighted by Crippen LogP contribution is 2.29. The average Bonchev–Trinajstić information content (AvgIpc) is 3.19. The molecular weight excluding hydrogens is 721 g/mol.